The van der Waals surface area contributed by atoms with Gasteiger partial charge >= 0.3 is 0 Å². The van der Waals surface area contributed by atoms with E-state index in [1.54, 1.807) is 12.1 Å². The minimum absolute atomic E-state index is 0.0198. The number of hydrogen-bond donors (Lipinski definition) is 1. The molecule has 0 aromatic heterocycles. The van der Waals surface area contributed by atoms with Gasteiger partial charge in [-0.05, 0) is 25.1 Å². The smallest absolute Gasteiger partial charge is 0.223 e. The third kappa shape index (κ3) is 4.41. The molecule has 0 spiro atoms. The third-order valence-corrected chi connectivity index (χ3v) is 2.66. The molecule has 16 heavy (non-hydrogen) atoms. The van der Waals surface area contributed by atoms with Gasteiger partial charge in [-0.25, -0.2) is 0 Å². The monoisotopic (exact) mass is 305 g/mol. The van der Waals surface area contributed by atoms with Crippen LogP contribution in [0.5, 0.6) is 5.75 Å². The summed E-state index contributed by atoms with van der Waals surface area (Å²) in [7, 11) is 0. The number of nitrogens with one attached hydrogen (secondary N) is 1. The predicted molar refractivity (Wildman–Crippen MR) is 67.9 cm³/mol. The topological polar surface area (TPSA) is 38.3 Å². The molecule has 0 saturated carbocycles. The average molecular weight is 307 g/mol. The molecule has 5 heteroatoms. The van der Waals surface area contributed by atoms with Crippen LogP contribution in [0, 0.1) is 0 Å². The van der Waals surface area contributed by atoms with Crippen LogP contribution in [0.25, 0.3) is 0 Å². The second kappa shape index (κ2) is 6.76. The van der Waals surface area contributed by atoms with E-state index in [0.717, 1.165) is 4.47 Å². The number of benzene rings is 1. The lowest BCUT2D eigenvalue weighted by Crippen LogP contribution is -2.24. The zero-order chi connectivity index (χ0) is 12.0. The lowest BCUT2D eigenvalue weighted by Gasteiger charge is -2.08. The van der Waals surface area contributed by atoms with Crippen LogP contribution in [0.15, 0.2) is 22.7 Å². The van der Waals surface area contributed by atoms with E-state index in [1.807, 2.05) is 13.0 Å². The van der Waals surface area contributed by atoms with E-state index < -0.39 is 0 Å². The van der Waals surface area contributed by atoms with Crippen LogP contribution in [0.3, 0.4) is 0 Å². The lowest BCUT2D eigenvalue weighted by molar-refractivity contribution is -0.121. The maximum atomic E-state index is 11.2. The predicted octanol–water partition coefficient (Wildman–Crippen LogP) is 3.01. The summed E-state index contributed by atoms with van der Waals surface area (Å²) in [6.45, 7) is 2.84. The molecule has 1 aromatic carbocycles. The lowest BCUT2D eigenvalue weighted by atomic mass is 10.3. The van der Waals surface area contributed by atoms with Gasteiger partial charge in [-0.3, -0.25) is 4.79 Å². The number of ether oxygens (including phenoxy) is 1. The Bertz CT molecular complexity index is 371. The van der Waals surface area contributed by atoms with Crippen molar-refractivity contribution in [2.45, 2.75) is 13.3 Å². The maximum absolute atomic E-state index is 11.2. The Morgan fingerprint density at radius 2 is 2.31 bits per heavy atom. The first-order valence-corrected chi connectivity index (χ1v) is 6.15. The van der Waals surface area contributed by atoms with Gasteiger partial charge in [-0.2, -0.15) is 0 Å². The Morgan fingerprint density at radius 3 is 3.00 bits per heavy atom. The summed E-state index contributed by atoms with van der Waals surface area (Å²) in [5.74, 6) is 0.564. The molecule has 88 valence electrons. The number of rotatable bonds is 5. The molecule has 0 atom stereocenters. The fourth-order valence-electron chi connectivity index (χ4n) is 1.13. The van der Waals surface area contributed by atoms with E-state index >= 15 is 0 Å². The summed E-state index contributed by atoms with van der Waals surface area (Å²) in [4.78, 5) is 11.2. The van der Waals surface area contributed by atoms with Gasteiger partial charge in [0.1, 0.15) is 5.75 Å². The second-order valence-corrected chi connectivity index (χ2v) is 4.45. The van der Waals surface area contributed by atoms with Gasteiger partial charge in [-0.15, -0.1) is 0 Å². The number of halogens is 2. The number of hydrogen-bond acceptors (Lipinski definition) is 2. The molecule has 0 heterocycles. The van der Waals surface area contributed by atoms with E-state index in [9.17, 15) is 4.79 Å². The summed E-state index contributed by atoms with van der Waals surface area (Å²) in [5.41, 5.74) is 0. The number of carbonyl (C=O) groups excluding carboxylic acids is 1. The highest BCUT2D eigenvalue weighted by atomic mass is 79.9. The van der Waals surface area contributed by atoms with Gasteiger partial charge in [0.2, 0.25) is 5.91 Å². The molecule has 0 aliphatic heterocycles. The van der Waals surface area contributed by atoms with Crippen molar-refractivity contribution in [3.05, 3.63) is 27.7 Å². The van der Waals surface area contributed by atoms with Gasteiger partial charge in [0, 0.05) is 11.0 Å². The Kier molecular flexibility index (Phi) is 5.63. The zero-order valence-corrected chi connectivity index (χ0v) is 11.3. The van der Waals surface area contributed by atoms with Crippen LogP contribution in [-0.2, 0) is 4.79 Å². The number of amides is 1. The summed E-state index contributed by atoms with van der Waals surface area (Å²) in [6.07, 6.45) is 0.330. The van der Waals surface area contributed by atoms with Crippen molar-refractivity contribution in [1.29, 1.82) is 0 Å². The van der Waals surface area contributed by atoms with Crippen molar-refractivity contribution in [2.24, 2.45) is 0 Å². The highest BCUT2D eigenvalue weighted by Gasteiger charge is 2.04. The first kappa shape index (κ1) is 13.3. The fraction of sp³-hybridized carbons (Fsp3) is 0.364. The Labute approximate surface area is 108 Å². The average Bonchev–Trinajstić information content (AvgIpc) is 2.23. The quantitative estimate of drug-likeness (QED) is 0.908. The van der Waals surface area contributed by atoms with E-state index in [4.69, 9.17) is 16.3 Å². The highest BCUT2D eigenvalue weighted by Crippen LogP contribution is 2.27. The molecule has 3 nitrogen and oxygen atoms in total. The van der Waals surface area contributed by atoms with Crippen molar-refractivity contribution in [3.63, 3.8) is 0 Å². The second-order valence-electron chi connectivity index (χ2n) is 3.13. The van der Waals surface area contributed by atoms with Crippen LogP contribution in [0.2, 0.25) is 5.02 Å². The molecule has 0 aliphatic carbocycles. The van der Waals surface area contributed by atoms with Crippen LogP contribution >= 0.6 is 27.5 Å². The molecular weight excluding hydrogens is 293 g/mol. The van der Waals surface area contributed by atoms with E-state index in [2.05, 4.69) is 21.2 Å². The van der Waals surface area contributed by atoms with Gasteiger partial charge in [0.25, 0.3) is 0 Å². The van der Waals surface area contributed by atoms with E-state index in [-0.39, 0.29) is 5.91 Å². The first-order chi connectivity index (χ1) is 7.63. The van der Waals surface area contributed by atoms with Gasteiger partial charge in [0.05, 0.1) is 18.1 Å². The molecule has 0 bridgehead atoms. The minimum Gasteiger partial charge on any atom is -0.491 e. The van der Waals surface area contributed by atoms with E-state index in [1.165, 1.54) is 0 Å². The minimum atomic E-state index is -0.0198. The van der Waals surface area contributed by atoms with Crippen LogP contribution in [0.1, 0.15) is 13.3 Å². The molecule has 0 aliphatic rings. The molecule has 1 aromatic rings. The molecule has 0 unspecified atom stereocenters. The molecule has 0 fully saturated rings. The van der Waals surface area contributed by atoms with Crippen molar-refractivity contribution in [3.8, 4) is 5.75 Å². The van der Waals surface area contributed by atoms with Gasteiger partial charge in [-0.1, -0.05) is 27.5 Å². The molecule has 1 rings (SSSR count). The van der Waals surface area contributed by atoms with Crippen LogP contribution in [0.4, 0.5) is 0 Å². The van der Waals surface area contributed by atoms with Gasteiger partial charge < -0.3 is 10.1 Å². The maximum Gasteiger partial charge on any atom is 0.223 e. The van der Waals surface area contributed by atoms with Crippen molar-refractivity contribution < 1.29 is 9.53 Å². The van der Waals surface area contributed by atoms with Crippen LogP contribution in [-0.4, -0.2) is 19.1 Å². The molecule has 1 N–H and O–H groups in total. The molecule has 0 radical (unpaired) electrons. The summed E-state index contributed by atoms with van der Waals surface area (Å²) in [5, 5.41) is 3.24. The van der Waals surface area contributed by atoms with E-state index in [0.29, 0.717) is 30.3 Å². The van der Waals surface area contributed by atoms with Crippen molar-refractivity contribution >= 4 is 33.4 Å². The van der Waals surface area contributed by atoms with Crippen LogP contribution < -0.4 is 10.1 Å². The summed E-state index contributed by atoms with van der Waals surface area (Å²) in [6, 6.07) is 5.35. The Morgan fingerprint density at radius 1 is 1.56 bits per heavy atom. The third-order valence-electron chi connectivity index (χ3n) is 1.85. The Balaban J connectivity index is 2.42. The molecule has 1 amide bonds. The van der Waals surface area contributed by atoms with Crippen molar-refractivity contribution in [2.75, 3.05) is 13.2 Å². The highest BCUT2D eigenvalue weighted by molar-refractivity contribution is 9.10. The molecular formula is C11H13BrClNO2. The normalized spacial score (nSPS) is 9.94. The zero-order valence-electron chi connectivity index (χ0n) is 8.93. The van der Waals surface area contributed by atoms with Gasteiger partial charge in [0.15, 0.2) is 0 Å². The Hall–Kier alpha value is -0.740. The summed E-state index contributed by atoms with van der Waals surface area (Å²) >= 11 is 9.25. The first-order valence-electron chi connectivity index (χ1n) is 4.98. The fourth-order valence-corrected chi connectivity index (χ4v) is 1.64. The standard InChI is InChI=1S/C11H13BrClNO2/c1-2-14-11(15)5-6-16-10-7-8(12)3-4-9(10)13/h3-4,7H,2,5-6H2,1H3,(H,14,15). The molecule has 0 saturated heterocycles. The largest absolute Gasteiger partial charge is 0.491 e. The SMILES string of the molecule is CCNC(=O)CCOc1cc(Br)ccc1Cl. The van der Waals surface area contributed by atoms with Crippen molar-refractivity contribution in [1.82, 2.24) is 5.32 Å². The summed E-state index contributed by atoms with van der Waals surface area (Å²) < 4.78 is 6.31. The number of carbonyl (C=O) groups is 1.